The molecule has 1 aliphatic rings. The van der Waals surface area contributed by atoms with Crippen LogP contribution in [0.5, 0.6) is 0 Å². The molecule has 1 aromatic carbocycles. The van der Waals surface area contributed by atoms with Gasteiger partial charge in [0.2, 0.25) is 5.91 Å². The molecule has 2 rings (SSSR count). The Hall–Kier alpha value is -1.46. The standard InChI is InChI=1S/C16H23FN2O2/c1-11(2)16(12-3-5-13(17)6-4-12)19-15(20)9-14-10-18-7-8-21-14/h3-6,11,14,16,18H,7-10H2,1-2H3,(H,19,20). The van der Waals surface area contributed by atoms with Crippen LogP contribution in [0.1, 0.15) is 31.9 Å². The summed E-state index contributed by atoms with van der Waals surface area (Å²) < 4.78 is 18.6. The molecule has 2 N–H and O–H groups in total. The van der Waals surface area contributed by atoms with Crippen molar-refractivity contribution in [1.82, 2.24) is 10.6 Å². The lowest BCUT2D eigenvalue weighted by atomic mass is 9.95. The van der Waals surface area contributed by atoms with Gasteiger partial charge in [-0.15, -0.1) is 0 Å². The number of benzene rings is 1. The van der Waals surface area contributed by atoms with Crippen LogP contribution in [0.4, 0.5) is 4.39 Å². The fourth-order valence-corrected chi connectivity index (χ4v) is 2.49. The summed E-state index contributed by atoms with van der Waals surface area (Å²) in [7, 11) is 0. The van der Waals surface area contributed by atoms with Crippen LogP contribution in [0.25, 0.3) is 0 Å². The van der Waals surface area contributed by atoms with Crippen molar-refractivity contribution in [1.29, 1.82) is 0 Å². The second-order valence-corrected chi connectivity index (χ2v) is 5.74. The van der Waals surface area contributed by atoms with Gasteiger partial charge in [0.05, 0.1) is 25.2 Å². The summed E-state index contributed by atoms with van der Waals surface area (Å²) in [6.07, 6.45) is 0.275. The molecule has 0 bridgehead atoms. The number of hydrogen-bond donors (Lipinski definition) is 2. The van der Waals surface area contributed by atoms with E-state index in [1.165, 1.54) is 12.1 Å². The van der Waals surface area contributed by atoms with Gasteiger partial charge in [-0.2, -0.15) is 0 Å². The van der Waals surface area contributed by atoms with Gasteiger partial charge in [0.1, 0.15) is 5.82 Å². The number of amides is 1. The summed E-state index contributed by atoms with van der Waals surface area (Å²) >= 11 is 0. The van der Waals surface area contributed by atoms with Crippen LogP contribution < -0.4 is 10.6 Å². The molecule has 116 valence electrons. The quantitative estimate of drug-likeness (QED) is 0.873. The third kappa shape index (κ3) is 4.79. The average Bonchev–Trinajstić information content (AvgIpc) is 2.47. The fourth-order valence-electron chi connectivity index (χ4n) is 2.49. The van der Waals surface area contributed by atoms with Gasteiger partial charge < -0.3 is 15.4 Å². The molecule has 2 unspecified atom stereocenters. The maximum atomic E-state index is 13.0. The van der Waals surface area contributed by atoms with Gasteiger partial charge >= 0.3 is 0 Å². The van der Waals surface area contributed by atoms with Gasteiger partial charge in [0.15, 0.2) is 0 Å². The Morgan fingerprint density at radius 1 is 1.43 bits per heavy atom. The lowest BCUT2D eigenvalue weighted by Crippen LogP contribution is -2.42. The summed E-state index contributed by atoms with van der Waals surface area (Å²) in [5.41, 5.74) is 0.919. The van der Waals surface area contributed by atoms with Crippen molar-refractivity contribution in [3.8, 4) is 0 Å². The Morgan fingerprint density at radius 2 is 2.14 bits per heavy atom. The van der Waals surface area contributed by atoms with Crippen LogP contribution in [0.2, 0.25) is 0 Å². The zero-order chi connectivity index (χ0) is 15.2. The van der Waals surface area contributed by atoms with Crippen molar-refractivity contribution >= 4 is 5.91 Å². The Kier molecular flexibility index (Phi) is 5.70. The molecule has 2 atom stereocenters. The first-order chi connectivity index (χ1) is 10.1. The minimum absolute atomic E-state index is 0.0354. The van der Waals surface area contributed by atoms with E-state index < -0.39 is 0 Å². The first-order valence-corrected chi connectivity index (χ1v) is 7.43. The summed E-state index contributed by atoms with van der Waals surface area (Å²) in [5, 5.41) is 6.24. The van der Waals surface area contributed by atoms with E-state index in [0.29, 0.717) is 19.6 Å². The zero-order valence-corrected chi connectivity index (χ0v) is 12.6. The fraction of sp³-hybridized carbons (Fsp3) is 0.562. The lowest BCUT2D eigenvalue weighted by molar-refractivity contribution is -0.125. The maximum Gasteiger partial charge on any atom is 0.223 e. The topological polar surface area (TPSA) is 50.4 Å². The third-order valence-corrected chi connectivity index (χ3v) is 3.63. The molecular weight excluding hydrogens is 271 g/mol. The van der Waals surface area contributed by atoms with Crippen LogP contribution in [0.3, 0.4) is 0 Å². The number of ether oxygens (including phenoxy) is 1. The van der Waals surface area contributed by atoms with E-state index in [-0.39, 0.29) is 29.8 Å². The van der Waals surface area contributed by atoms with Crippen molar-refractivity contribution in [2.24, 2.45) is 5.92 Å². The lowest BCUT2D eigenvalue weighted by Gasteiger charge is -2.26. The van der Waals surface area contributed by atoms with Gasteiger partial charge in [-0.1, -0.05) is 26.0 Å². The first-order valence-electron chi connectivity index (χ1n) is 7.43. The molecule has 0 aliphatic carbocycles. The maximum absolute atomic E-state index is 13.0. The van der Waals surface area contributed by atoms with E-state index in [0.717, 1.165) is 12.1 Å². The smallest absolute Gasteiger partial charge is 0.223 e. The molecule has 0 aromatic heterocycles. The van der Waals surface area contributed by atoms with Crippen molar-refractivity contribution in [3.05, 3.63) is 35.6 Å². The van der Waals surface area contributed by atoms with E-state index in [1.54, 1.807) is 12.1 Å². The molecule has 0 radical (unpaired) electrons. The van der Waals surface area contributed by atoms with Crippen molar-refractivity contribution in [2.75, 3.05) is 19.7 Å². The molecule has 1 aliphatic heterocycles. The van der Waals surface area contributed by atoms with Crippen molar-refractivity contribution in [2.45, 2.75) is 32.4 Å². The van der Waals surface area contributed by atoms with Crippen LogP contribution >= 0.6 is 0 Å². The molecule has 1 heterocycles. The predicted molar refractivity (Wildman–Crippen MR) is 79.3 cm³/mol. The molecule has 0 saturated carbocycles. The molecule has 21 heavy (non-hydrogen) atoms. The highest BCUT2D eigenvalue weighted by Gasteiger charge is 2.22. The Balaban J connectivity index is 1.95. The second-order valence-electron chi connectivity index (χ2n) is 5.74. The van der Waals surface area contributed by atoms with Crippen molar-refractivity contribution in [3.63, 3.8) is 0 Å². The largest absolute Gasteiger partial charge is 0.375 e. The minimum Gasteiger partial charge on any atom is -0.375 e. The van der Waals surface area contributed by atoms with Gasteiger partial charge in [-0.25, -0.2) is 4.39 Å². The van der Waals surface area contributed by atoms with Crippen LogP contribution in [-0.2, 0) is 9.53 Å². The Morgan fingerprint density at radius 3 is 2.71 bits per heavy atom. The number of morpholine rings is 1. The summed E-state index contributed by atoms with van der Waals surface area (Å²) in [4.78, 5) is 12.2. The first kappa shape index (κ1) is 15.9. The van der Waals surface area contributed by atoms with E-state index in [2.05, 4.69) is 10.6 Å². The van der Waals surface area contributed by atoms with Gasteiger partial charge in [-0.3, -0.25) is 4.79 Å². The van der Waals surface area contributed by atoms with Gasteiger partial charge in [0.25, 0.3) is 0 Å². The number of rotatable bonds is 5. The molecule has 1 fully saturated rings. The van der Waals surface area contributed by atoms with Crippen LogP contribution in [-0.4, -0.2) is 31.7 Å². The normalized spacial score (nSPS) is 20.3. The number of carbonyl (C=O) groups excluding carboxylic acids is 1. The molecule has 1 amide bonds. The molecule has 1 saturated heterocycles. The van der Waals surface area contributed by atoms with E-state index in [4.69, 9.17) is 4.74 Å². The highest BCUT2D eigenvalue weighted by Crippen LogP contribution is 2.22. The average molecular weight is 294 g/mol. The molecule has 5 heteroatoms. The Bertz CT molecular complexity index is 456. The third-order valence-electron chi connectivity index (χ3n) is 3.63. The van der Waals surface area contributed by atoms with E-state index in [9.17, 15) is 9.18 Å². The van der Waals surface area contributed by atoms with Gasteiger partial charge in [0, 0.05) is 13.1 Å². The highest BCUT2D eigenvalue weighted by atomic mass is 19.1. The Labute approximate surface area is 125 Å². The number of carbonyl (C=O) groups is 1. The van der Waals surface area contributed by atoms with Crippen LogP contribution in [0, 0.1) is 11.7 Å². The number of halogens is 1. The molecule has 0 spiro atoms. The highest BCUT2D eigenvalue weighted by molar-refractivity contribution is 5.77. The van der Waals surface area contributed by atoms with Crippen molar-refractivity contribution < 1.29 is 13.9 Å². The van der Waals surface area contributed by atoms with E-state index in [1.807, 2.05) is 13.8 Å². The molecule has 4 nitrogen and oxygen atoms in total. The van der Waals surface area contributed by atoms with E-state index >= 15 is 0 Å². The number of nitrogens with one attached hydrogen (secondary N) is 2. The minimum atomic E-state index is -0.269. The SMILES string of the molecule is CC(C)C(NC(=O)CC1CNCCO1)c1ccc(F)cc1. The summed E-state index contributed by atoms with van der Waals surface area (Å²) in [5.74, 6) is -0.0780. The molecular formula is C16H23FN2O2. The second kappa shape index (κ2) is 7.52. The molecule has 1 aromatic rings. The zero-order valence-electron chi connectivity index (χ0n) is 12.6. The predicted octanol–water partition coefficient (Wildman–Crippen LogP) is 2.02. The number of hydrogen-bond acceptors (Lipinski definition) is 3. The monoisotopic (exact) mass is 294 g/mol. The summed E-state index contributed by atoms with van der Waals surface area (Å²) in [6, 6.07) is 6.17. The van der Waals surface area contributed by atoms with Gasteiger partial charge in [-0.05, 0) is 23.6 Å². The van der Waals surface area contributed by atoms with Crippen LogP contribution in [0.15, 0.2) is 24.3 Å². The summed E-state index contributed by atoms with van der Waals surface area (Å²) in [6.45, 7) is 6.25.